The van der Waals surface area contributed by atoms with Crippen LogP contribution in [0.2, 0.25) is 0 Å². The normalized spacial score (nSPS) is 10.6. The van der Waals surface area contributed by atoms with E-state index in [2.05, 4.69) is 27.8 Å². The number of aromatic nitrogens is 3. The van der Waals surface area contributed by atoms with Gasteiger partial charge in [-0.3, -0.25) is 9.59 Å². The molecule has 1 aromatic carbocycles. The molecule has 0 aliphatic heterocycles. The maximum absolute atomic E-state index is 12.6. The largest absolute Gasteiger partial charge is 0.383 e. The average Bonchev–Trinajstić information content (AvgIpc) is 3.31. The van der Waals surface area contributed by atoms with E-state index in [4.69, 9.17) is 10.3 Å². The van der Waals surface area contributed by atoms with Crippen LogP contribution < -0.4 is 16.4 Å². The van der Waals surface area contributed by atoms with E-state index in [1.807, 2.05) is 6.92 Å². The predicted octanol–water partition coefficient (Wildman–Crippen LogP) is 3.07. The van der Waals surface area contributed by atoms with E-state index in [0.717, 1.165) is 18.4 Å². The third kappa shape index (κ3) is 4.20. The highest BCUT2D eigenvalue weighted by molar-refractivity contribution is 6.09. The van der Waals surface area contributed by atoms with Crippen LogP contribution in [0, 0.1) is 6.92 Å². The Morgan fingerprint density at radius 2 is 2.04 bits per heavy atom. The monoisotopic (exact) mass is 382 g/mol. The number of nitrogens with one attached hydrogen (secondary N) is 2. The van der Waals surface area contributed by atoms with Crippen LogP contribution in [0.5, 0.6) is 0 Å². The van der Waals surface area contributed by atoms with Crippen molar-refractivity contribution in [1.82, 2.24) is 14.9 Å². The molecule has 0 atom stereocenters. The van der Waals surface area contributed by atoms with Gasteiger partial charge in [-0.05, 0) is 31.0 Å². The predicted molar refractivity (Wildman–Crippen MR) is 105 cm³/mol. The second kappa shape index (κ2) is 8.38. The summed E-state index contributed by atoms with van der Waals surface area (Å²) >= 11 is 0. The van der Waals surface area contributed by atoms with Gasteiger partial charge in [0.05, 0.1) is 6.20 Å². The Labute approximate surface area is 161 Å². The van der Waals surface area contributed by atoms with Crippen LogP contribution in [0.3, 0.4) is 0 Å². The topological polar surface area (TPSA) is 128 Å². The van der Waals surface area contributed by atoms with E-state index >= 15 is 0 Å². The molecule has 2 aromatic heterocycles. The number of nitrogen functional groups attached to an aromatic ring is 1. The molecule has 0 aliphatic carbocycles. The first-order valence-electron chi connectivity index (χ1n) is 8.94. The molecule has 9 heteroatoms. The number of carbonyl (C=O) groups excluding carboxylic acids is 2. The van der Waals surface area contributed by atoms with E-state index in [1.54, 1.807) is 22.9 Å². The summed E-state index contributed by atoms with van der Waals surface area (Å²) in [5.74, 6) is -0.110. The average molecular weight is 382 g/mol. The number of aryl methyl sites for hydroxylation is 2. The molecule has 0 radical (unpaired) electrons. The fraction of sp³-hybridized carbons (Fsp3) is 0.263. The maximum atomic E-state index is 12.6. The van der Waals surface area contributed by atoms with Gasteiger partial charge in [0.25, 0.3) is 11.8 Å². The Morgan fingerprint density at radius 1 is 1.21 bits per heavy atom. The van der Waals surface area contributed by atoms with Crippen molar-refractivity contribution < 1.29 is 14.1 Å². The van der Waals surface area contributed by atoms with Crippen LogP contribution in [-0.2, 0) is 6.54 Å². The van der Waals surface area contributed by atoms with Gasteiger partial charge in [-0.2, -0.15) is 5.10 Å². The summed E-state index contributed by atoms with van der Waals surface area (Å²) < 4.78 is 6.31. The summed E-state index contributed by atoms with van der Waals surface area (Å²) in [6.45, 7) is 4.57. The van der Waals surface area contributed by atoms with Crippen LogP contribution in [0.4, 0.5) is 17.3 Å². The molecule has 0 unspecified atom stereocenters. The third-order valence-corrected chi connectivity index (χ3v) is 4.28. The van der Waals surface area contributed by atoms with E-state index in [-0.39, 0.29) is 11.8 Å². The number of amides is 2. The van der Waals surface area contributed by atoms with Gasteiger partial charge in [-0.25, -0.2) is 4.68 Å². The third-order valence-electron chi connectivity index (χ3n) is 4.28. The van der Waals surface area contributed by atoms with Gasteiger partial charge in [-0.15, -0.1) is 0 Å². The van der Waals surface area contributed by atoms with Crippen LogP contribution in [0.25, 0.3) is 0 Å². The molecule has 2 amide bonds. The van der Waals surface area contributed by atoms with Crippen LogP contribution >= 0.6 is 0 Å². The minimum atomic E-state index is -0.377. The summed E-state index contributed by atoms with van der Waals surface area (Å²) in [5.41, 5.74) is 8.04. The van der Waals surface area contributed by atoms with Crippen molar-refractivity contribution in [2.75, 3.05) is 16.4 Å². The maximum Gasteiger partial charge on any atom is 0.261 e. The second-order valence-corrected chi connectivity index (χ2v) is 6.34. The zero-order chi connectivity index (χ0) is 20.1. The van der Waals surface area contributed by atoms with Gasteiger partial charge < -0.3 is 20.9 Å². The SMILES string of the molecule is CCCCn1ncc(C(=O)Nc2cc(C(=O)Nc3ccon3)ccc2C)c1N. The number of hydrogen-bond acceptors (Lipinski definition) is 6. The smallest absolute Gasteiger partial charge is 0.261 e. The molecule has 9 nitrogen and oxygen atoms in total. The first-order chi connectivity index (χ1) is 13.5. The molecule has 146 valence electrons. The molecule has 4 N–H and O–H groups in total. The number of carbonyl (C=O) groups is 2. The highest BCUT2D eigenvalue weighted by Crippen LogP contribution is 2.20. The van der Waals surface area contributed by atoms with Crippen molar-refractivity contribution in [3.05, 3.63) is 53.4 Å². The molecule has 0 saturated carbocycles. The van der Waals surface area contributed by atoms with Crippen molar-refractivity contribution in [2.45, 2.75) is 33.2 Å². The van der Waals surface area contributed by atoms with Crippen molar-refractivity contribution in [3.63, 3.8) is 0 Å². The van der Waals surface area contributed by atoms with Crippen LogP contribution in [0.15, 0.2) is 41.2 Å². The van der Waals surface area contributed by atoms with E-state index < -0.39 is 0 Å². The Hall–Kier alpha value is -3.62. The van der Waals surface area contributed by atoms with E-state index in [1.165, 1.54) is 18.5 Å². The van der Waals surface area contributed by atoms with Crippen molar-refractivity contribution in [3.8, 4) is 0 Å². The lowest BCUT2D eigenvalue weighted by Crippen LogP contribution is -2.17. The highest BCUT2D eigenvalue weighted by atomic mass is 16.5. The number of hydrogen-bond donors (Lipinski definition) is 3. The lowest BCUT2D eigenvalue weighted by molar-refractivity contribution is 0.101. The van der Waals surface area contributed by atoms with E-state index in [0.29, 0.717) is 35.0 Å². The molecule has 0 fully saturated rings. The number of anilines is 3. The standard InChI is InChI=1S/C19H22N6O3/c1-3-4-8-25-17(20)14(11-21-25)19(27)22-15-10-13(6-5-12(15)2)18(26)23-16-7-9-28-24-16/h5-7,9-11H,3-4,8,20H2,1-2H3,(H,22,27)(H,23,24,26). The van der Waals surface area contributed by atoms with Gasteiger partial charge in [0.1, 0.15) is 17.6 Å². The lowest BCUT2D eigenvalue weighted by Gasteiger charge is -2.10. The number of rotatable bonds is 7. The molecule has 2 heterocycles. The number of benzene rings is 1. The Balaban J connectivity index is 1.75. The van der Waals surface area contributed by atoms with Crippen molar-refractivity contribution in [2.24, 2.45) is 0 Å². The zero-order valence-corrected chi connectivity index (χ0v) is 15.7. The second-order valence-electron chi connectivity index (χ2n) is 6.34. The summed E-state index contributed by atoms with van der Waals surface area (Å²) in [6.07, 6.45) is 4.75. The summed E-state index contributed by atoms with van der Waals surface area (Å²) in [4.78, 5) is 25.0. The Kier molecular flexibility index (Phi) is 5.73. The summed E-state index contributed by atoms with van der Waals surface area (Å²) in [7, 11) is 0. The van der Waals surface area contributed by atoms with Gasteiger partial charge in [0, 0.05) is 23.9 Å². The van der Waals surface area contributed by atoms with Crippen LogP contribution in [0.1, 0.15) is 46.0 Å². The van der Waals surface area contributed by atoms with Crippen LogP contribution in [-0.4, -0.2) is 26.8 Å². The molecule has 3 rings (SSSR count). The quantitative estimate of drug-likeness (QED) is 0.576. The Morgan fingerprint density at radius 3 is 2.75 bits per heavy atom. The van der Waals surface area contributed by atoms with Gasteiger partial charge in [-0.1, -0.05) is 24.6 Å². The molecule has 0 saturated heterocycles. The van der Waals surface area contributed by atoms with Gasteiger partial charge >= 0.3 is 0 Å². The lowest BCUT2D eigenvalue weighted by atomic mass is 10.1. The first kappa shape index (κ1) is 19.2. The fourth-order valence-electron chi connectivity index (χ4n) is 2.61. The number of nitrogens with zero attached hydrogens (tertiary/aromatic N) is 3. The Bertz CT molecular complexity index is 978. The summed E-state index contributed by atoms with van der Waals surface area (Å²) in [5, 5.41) is 13.2. The minimum Gasteiger partial charge on any atom is -0.383 e. The molecule has 0 spiro atoms. The minimum absolute atomic E-state index is 0.299. The highest BCUT2D eigenvalue weighted by Gasteiger charge is 2.17. The molecule has 0 aliphatic rings. The molecular weight excluding hydrogens is 360 g/mol. The van der Waals surface area contributed by atoms with Gasteiger partial charge in [0.15, 0.2) is 5.82 Å². The molecule has 28 heavy (non-hydrogen) atoms. The van der Waals surface area contributed by atoms with Crippen molar-refractivity contribution in [1.29, 1.82) is 0 Å². The van der Waals surface area contributed by atoms with Gasteiger partial charge in [0.2, 0.25) is 0 Å². The number of unbranched alkanes of at least 4 members (excludes halogenated alkanes) is 1. The van der Waals surface area contributed by atoms with E-state index in [9.17, 15) is 9.59 Å². The zero-order valence-electron chi connectivity index (χ0n) is 15.7. The number of nitrogens with two attached hydrogens (primary N) is 1. The summed E-state index contributed by atoms with van der Waals surface area (Å²) in [6, 6.07) is 6.55. The fourth-order valence-corrected chi connectivity index (χ4v) is 2.61. The molecule has 0 bridgehead atoms. The first-order valence-corrected chi connectivity index (χ1v) is 8.94. The molecular formula is C19H22N6O3. The molecule has 3 aromatic rings. The van der Waals surface area contributed by atoms with Crippen molar-refractivity contribution >= 4 is 29.1 Å².